The molecule has 112 valence electrons. The van der Waals surface area contributed by atoms with Crippen LogP contribution in [0.25, 0.3) is 0 Å². The molecule has 2 aliphatic rings. The number of thioether (sulfide) groups is 1. The zero-order valence-electron chi connectivity index (χ0n) is 12.6. The van der Waals surface area contributed by atoms with Gasteiger partial charge in [-0.2, -0.15) is 16.9 Å². The minimum atomic E-state index is 0.576. The summed E-state index contributed by atoms with van der Waals surface area (Å²) < 4.78 is 2.23. The molecule has 1 aliphatic carbocycles. The molecule has 1 aromatic rings. The summed E-state index contributed by atoms with van der Waals surface area (Å²) in [6.45, 7) is 0. The number of hydrogen-bond acceptors (Lipinski definition) is 3. The smallest absolute Gasteiger partial charge is 0.0640 e. The van der Waals surface area contributed by atoms with Gasteiger partial charge in [-0.05, 0) is 44.6 Å². The number of hydrogen-bond donors (Lipinski definition) is 1. The first-order chi connectivity index (χ1) is 9.86. The molecule has 2 atom stereocenters. The molecule has 1 saturated carbocycles. The lowest BCUT2D eigenvalue weighted by Gasteiger charge is -2.29. The van der Waals surface area contributed by atoms with Crippen LogP contribution in [-0.4, -0.2) is 33.9 Å². The van der Waals surface area contributed by atoms with E-state index in [0.29, 0.717) is 12.1 Å². The molecular weight excluding hydrogens is 266 g/mol. The van der Waals surface area contributed by atoms with Crippen LogP contribution in [0.3, 0.4) is 0 Å². The van der Waals surface area contributed by atoms with Gasteiger partial charge in [0.1, 0.15) is 0 Å². The maximum atomic E-state index is 4.84. The van der Waals surface area contributed by atoms with Crippen LogP contribution in [-0.2, 0) is 6.42 Å². The Morgan fingerprint density at radius 3 is 2.80 bits per heavy atom. The van der Waals surface area contributed by atoms with E-state index in [9.17, 15) is 0 Å². The molecular formula is C16H27N3S. The SMILES string of the molecule is CNC(Cc1ccn(C2CCCC2)n1)C1CCCCS1. The van der Waals surface area contributed by atoms with Crippen LogP contribution in [0.2, 0.25) is 0 Å². The highest BCUT2D eigenvalue weighted by atomic mass is 32.2. The molecule has 0 radical (unpaired) electrons. The second-order valence-electron chi connectivity index (χ2n) is 6.23. The minimum absolute atomic E-state index is 0.576. The van der Waals surface area contributed by atoms with Gasteiger partial charge in [0, 0.05) is 23.9 Å². The molecule has 3 nitrogen and oxygen atoms in total. The molecule has 1 saturated heterocycles. The molecule has 2 fully saturated rings. The number of nitrogens with zero attached hydrogens (tertiary/aromatic N) is 2. The third kappa shape index (κ3) is 3.40. The van der Waals surface area contributed by atoms with Crippen LogP contribution in [0.15, 0.2) is 12.3 Å². The Hall–Kier alpha value is -0.480. The topological polar surface area (TPSA) is 29.9 Å². The van der Waals surface area contributed by atoms with E-state index in [1.54, 1.807) is 0 Å². The zero-order chi connectivity index (χ0) is 13.8. The summed E-state index contributed by atoms with van der Waals surface area (Å²) in [5, 5.41) is 9.14. The van der Waals surface area contributed by atoms with Gasteiger partial charge in [-0.3, -0.25) is 4.68 Å². The Bertz CT molecular complexity index is 406. The first-order valence-corrected chi connectivity index (χ1v) is 9.24. The Morgan fingerprint density at radius 2 is 2.10 bits per heavy atom. The zero-order valence-corrected chi connectivity index (χ0v) is 13.4. The lowest BCUT2D eigenvalue weighted by molar-refractivity contribution is 0.452. The van der Waals surface area contributed by atoms with E-state index in [4.69, 9.17) is 5.10 Å². The standard InChI is InChI=1S/C16H27N3S/c1-17-15(16-8-4-5-11-20-16)12-13-9-10-19(18-13)14-6-2-3-7-14/h9-10,14-17H,2-8,11-12H2,1H3. The summed E-state index contributed by atoms with van der Waals surface area (Å²) >= 11 is 2.15. The van der Waals surface area contributed by atoms with Crippen molar-refractivity contribution in [3.05, 3.63) is 18.0 Å². The van der Waals surface area contributed by atoms with Crippen LogP contribution in [0.5, 0.6) is 0 Å². The molecule has 1 N–H and O–H groups in total. The molecule has 0 spiro atoms. The first-order valence-electron chi connectivity index (χ1n) is 8.19. The van der Waals surface area contributed by atoms with Crippen molar-refractivity contribution >= 4 is 11.8 Å². The van der Waals surface area contributed by atoms with Crippen molar-refractivity contribution < 1.29 is 0 Å². The number of likely N-dealkylation sites (N-methyl/N-ethyl adjacent to an activating group) is 1. The van der Waals surface area contributed by atoms with Gasteiger partial charge in [-0.1, -0.05) is 19.3 Å². The number of rotatable bonds is 5. The predicted molar refractivity (Wildman–Crippen MR) is 86.4 cm³/mol. The summed E-state index contributed by atoms with van der Waals surface area (Å²) in [5.41, 5.74) is 1.27. The van der Waals surface area contributed by atoms with Gasteiger partial charge in [-0.15, -0.1) is 0 Å². The molecule has 0 amide bonds. The van der Waals surface area contributed by atoms with Gasteiger partial charge in [-0.25, -0.2) is 0 Å². The Labute approximate surface area is 126 Å². The van der Waals surface area contributed by atoms with E-state index in [1.807, 2.05) is 0 Å². The second-order valence-corrected chi connectivity index (χ2v) is 7.58. The maximum absolute atomic E-state index is 4.84. The minimum Gasteiger partial charge on any atom is -0.316 e. The molecule has 0 bridgehead atoms. The molecule has 4 heteroatoms. The van der Waals surface area contributed by atoms with Crippen LogP contribution in [0.1, 0.15) is 56.7 Å². The monoisotopic (exact) mass is 293 g/mol. The summed E-state index contributed by atoms with van der Waals surface area (Å²) in [7, 11) is 2.10. The molecule has 1 aromatic heterocycles. The summed E-state index contributed by atoms with van der Waals surface area (Å²) in [6.07, 6.45) is 12.8. The van der Waals surface area contributed by atoms with Crippen molar-refractivity contribution in [1.82, 2.24) is 15.1 Å². The highest BCUT2D eigenvalue weighted by Crippen LogP contribution is 2.30. The van der Waals surface area contributed by atoms with Crippen LogP contribution < -0.4 is 5.32 Å². The molecule has 2 heterocycles. The fourth-order valence-electron chi connectivity index (χ4n) is 3.59. The Kier molecular flexibility index (Phi) is 5.05. The van der Waals surface area contributed by atoms with E-state index in [0.717, 1.165) is 11.7 Å². The number of aromatic nitrogens is 2. The van der Waals surface area contributed by atoms with Crippen molar-refractivity contribution in [2.75, 3.05) is 12.8 Å². The molecule has 3 rings (SSSR count). The summed E-state index contributed by atoms with van der Waals surface area (Å²) in [6, 6.07) is 3.48. The molecule has 2 unspecified atom stereocenters. The molecule has 20 heavy (non-hydrogen) atoms. The largest absolute Gasteiger partial charge is 0.316 e. The normalized spacial score (nSPS) is 25.9. The van der Waals surface area contributed by atoms with Crippen LogP contribution >= 0.6 is 11.8 Å². The van der Waals surface area contributed by atoms with E-state index in [1.165, 1.54) is 56.4 Å². The van der Waals surface area contributed by atoms with Crippen molar-refractivity contribution in [3.8, 4) is 0 Å². The van der Waals surface area contributed by atoms with Gasteiger partial charge in [0.2, 0.25) is 0 Å². The summed E-state index contributed by atoms with van der Waals surface area (Å²) in [5.74, 6) is 1.33. The highest BCUT2D eigenvalue weighted by Gasteiger charge is 2.24. The van der Waals surface area contributed by atoms with Crippen molar-refractivity contribution in [1.29, 1.82) is 0 Å². The van der Waals surface area contributed by atoms with Gasteiger partial charge in [0.05, 0.1) is 11.7 Å². The third-order valence-electron chi connectivity index (χ3n) is 4.83. The highest BCUT2D eigenvalue weighted by molar-refractivity contribution is 8.00. The van der Waals surface area contributed by atoms with Crippen molar-refractivity contribution in [3.63, 3.8) is 0 Å². The van der Waals surface area contributed by atoms with E-state index < -0.39 is 0 Å². The molecule has 0 aromatic carbocycles. The van der Waals surface area contributed by atoms with Crippen LogP contribution in [0, 0.1) is 0 Å². The van der Waals surface area contributed by atoms with Gasteiger partial charge >= 0.3 is 0 Å². The van der Waals surface area contributed by atoms with E-state index in [2.05, 4.69) is 41.1 Å². The fraction of sp³-hybridized carbons (Fsp3) is 0.812. The summed E-state index contributed by atoms with van der Waals surface area (Å²) in [4.78, 5) is 0. The first kappa shape index (κ1) is 14.5. The number of nitrogens with one attached hydrogen (secondary N) is 1. The van der Waals surface area contributed by atoms with Crippen LogP contribution in [0.4, 0.5) is 0 Å². The Morgan fingerprint density at radius 1 is 1.30 bits per heavy atom. The lowest BCUT2D eigenvalue weighted by atomic mass is 10.0. The van der Waals surface area contributed by atoms with Gasteiger partial charge in [0.25, 0.3) is 0 Å². The predicted octanol–water partition coefficient (Wildman–Crippen LogP) is 3.41. The lowest BCUT2D eigenvalue weighted by Crippen LogP contribution is -2.39. The van der Waals surface area contributed by atoms with E-state index in [-0.39, 0.29) is 0 Å². The maximum Gasteiger partial charge on any atom is 0.0640 e. The average Bonchev–Trinajstić information content (AvgIpc) is 3.16. The quantitative estimate of drug-likeness (QED) is 0.902. The van der Waals surface area contributed by atoms with E-state index >= 15 is 0 Å². The average molecular weight is 293 g/mol. The second kappa shape index (κ2) is 6.99. The van der Waals surface area contributed by atoms with Gasteiger partial charge in [0.15, 0.2) is 0 Å². The third-order valence-corrected chi connectivity index (χ3v) is 6.34. The fourth-order valence-corrected chi connectivity index (χ4v) is 5.06. The molecule has 1 aliphatic heterocycles. The Balaban J connectivity index is 1.60. The van der Waals surface area contributed by atoms with Crippen molar-refractivity contribution in [2.24, 2.45) is 0 Å². The van der Waals surface area contributed by atoms with Gasteiger partial charge < -0.3 is 5.32 Å². The van der Waals surface area contributed by atoms with Crippen molar-refractivity contribution in [2.45, 2.75) is 68.7 Å².